The zero-order valence-electron chi connectivity index (χ0n) is 11.1. The number of rotatable bonds is 4. The number of thiophene rings is 1. The Labute approximate surface area is 127 Å². The van der Waals surface area contributed by atoms with Crippen LogP contribution in [-0.4, -0.2) is 7.05 Å². The monoisotopic (exact) mass is 335 g/mol. The van der Waals surface area contributed by atoms with E-state index in [1.807, 2.05) is 11.3 Å². The maximum absolute atomic E-state index is 3.53. The number of likely N-dealkylation sites (N-methyl/N-ethyl adjacent to an activating group) is 1. The molecule has 1 nitrogen and oxygen atoms in total. The van der Waals surface area contributed by atoms with E-state index < -0.39 is 0 Å². The summed E-state index contributed by atoms with van der Waals surface area (Å²) in [7, 11) is 2.06. The van der Waals surface area contributed by atoms with Gasteiger partial charge in [0.15, 0.2) is 0 Å². The van der Waals surface area contributed by atoms with Crippen LogP contribution in [-0.2, 0) is 19.3 Å². The van der Waals surface area contributed by atoms with Gasteiger partial charge in [-0.15, -0.1) is 11.3 Å². The molecule has 1 aromatic carbocycles. The van der Waals surface area contributed by atoms with Gasteiger partial charge < -0.3 is 5.32 Å². The van der Waals surface area contributed by atoms with Crippen molar-refractivity contribution in [1.82, 2.24) is 5.32 Å². The van der Waals surface area contributed by atoms with E-state index in [-0.39, 0.29) is 0 Å². The Kier molecular flexibility index (Phi) is 4.06. The van der Waals surface area contributed by atoms with Crippen LogP contribution >= 0.6 is 27.3 Å². The Balaban J connectivity index is 1.82. The number of hydrogen-bond acceptors (Lipinski definition) is 2. The van der Waals surface area contributed by atoms with Crippen molar-refractivity contribution in [2.24, 2.45) is 0 Å². The average Bonchev–Trinajstić information content (AvgIpc) is 3.03. The van der Waals surface area contributed by atoms with Crippen molar-refractivity contribution >= 4 is 27.3 Å². The summed E-state index contributed by atoms with van der Waals surface area (Å²) in [6.45, 7) is 0. The van der Waals surface area contributed by atoms with Crippen LogP contribution in [0.5, 0.6) is 0 Å². The van der Waals surface area contributed by atoms with E-state index >= 15 is 0 Å². The van der Waals surface area contributed by atoms with Gasteiger partial charge in [-0.1, -0.05) is 18.2 Å². The van der Waals surface area contributed by atoms with E-state index in [1.54, 1.807) is 11.1 Å². The van der Waals surface area contributed by atoms with Gasteiger partial charge in [0.05, 0.1) is 0 Å². The first-order chi connectivity index (χ1) is 9.26. The van der Waals surface area contributed by atoms with Gasteiger partial charge in [0.2, 0.25) is 0 Å². The highest BCUT2D eigenvalue weighted by Crippen LogP contribution is 2.29. The summed E-state index contributed by atoms with van der Waals surface area (Å²) >= 11 is 5.36. The lowest BCUT2D eigenvalue weighted by Crippen LogP contribution is -2.18. The molecule has 0 aliphatic heterocycles. The number of hydrogen-bond donors (Lipinski definition) is 1. The van der Waals surface area contributed by atoms with Crippen LogP contribution in [0.25, 0.3) is 0 Å². The average molecular weight is 336 g/mol. The number of halogens is 1. The zero-order valence-corrected chi connectivity index (χ0v) is 13.5. The highest BCUT2D eigenvalue weighted by molar-refractivity contribution is 9.10. The van der Waals surface area contributed by atoms with Crippen LogP contribution < -0.4 is 5.32 Å². The van der Waals surface area contributed by atoms with Gasteiger partial charge in [-0.2, -0.15) is 0 Å². The molecule has 0 amide bonds. The third-order valence-electron chi connectivity index (χ3n) is 3.90. The minimum absolute atomic E-state index is 0.413. The molecule has 1 unspecified atom stereocenters. The first-order valence-corrected chi connectivity index (χ1v) is 8.45. The number of benzene rings is 1. The maximum Gasteiger partial charge on any atom is 0.0366 e. The van der Waals surface area contributed by atoms with Crippen molar-refractivity contribution in [3.05, 3.63) is 55.7 Å². The van der Waals surface area contributed by atoms with Crippen molar-refractivity contribution in [3.8, 4) is 0 Å². The molecule has 1 N–H and O–H groups in total. The Hall–Kier alpha value is -0.640. The van der Waals surface area contributed by atoms with E-state index in [2.05, 4.69) is 57.9 Å². The third kappa shape index (κ3) is 2.93. The van der Waals surface area contributed by atoms with Crippen molar-refractivity contribution < 1.29 is 0 Å². The summed E-state index contributed by atoms with van der Waals surface area (Å²) in [5.41, 5.74) is 4.54. The third-order valence-corrected chi connectivity index (χ3v) is 5.62. The van der Waals surface area contributed by atoms with E-state index in [9.17, 15) is 0 Å². The maximum atomic E-state index is 3.53. The molecule has 1 aliphatic rings. The fourth-order valence-electron chi connectivity index (χ4n) is 2.86. The SMILES string of the molecule is CNC(Cc1cc(Br)cs1)c1ccc2c(c1)CCC2. The van der Waals surface area contributed by atoms with Gasteiger partial charge in [-0.3, -0.25) is 0 Å². The van der Waals surface area contributed by atoms with E-state index in [1.165, 1.54) is 34.2 Å². The fraction of sp³-hybridized carbons (Fsp3) is 0.375. The topological polar surface area (TPSA) is 12.0 Å². The van der Waals surface area contributed by atoms with Gasteiger partial charge in [-0.05, 0) is 65.0 Å². The molecule has 1 aromatic heterocycles. The first kappa shape index (κ1) is 13.3. The van der Waals surface area contributed by atoms with Crippen molar-refractivity contribution in [3.63, 3.8) is 0 Å². The highest BCUT2D eigenvalue weighted by atomic mass is 79.9. The molecule has 0 radical (unpaired) electrons. The summed E-state index contributed by atoms with van der Waals surface area (Å²) in [4.78, 5) is 1.42. The molecule has 2 aromatic rings. The van der Waals surface area contributed by atoms with Crippen molar-refractivity contribution in [1.29, 1.82) is 0 Å². The number of fused-ring (bicyclic) bond motifs is 1. The van der Waals surface area contributed by atoms with Crippen LogP contribution in [0.3, 0.4) is 0 Å². The standard InChI is InChI=1S/C16H18BrNS/c1-18-16(9-15-8-14(17)10-19-15)13-6-5-11-3-2-4-12(11)7-13/h5-8,10,16,18H,2-4,9H2,1H3. The summed E-state index contributed by atoms with van der Waals surface area (Å²) in [5, 5.41) is 5.62. The molecule has 3 rings (SSSR count). The van der Waals surface area contributed by atoms with Crippen LogP contribution in [0.15, 0.2) is 34.1 Å². The minimum atomic E-state index is 0.413. The number of aryl methyl sites for hydroxylation is 2. The summed E-state index contributed by atoms with van der Waals surface area (Å²) < 4.78 is 1.19. The molecular weight excluding hydrogens is 318 g/mol. The predicted molar refractivity (Wildman–Crippen MR) is 86.0 cm³/mol. The van der Waals surface area contributed by atoms with Gasteiger partial charge >= 0.3 is 0 Å². The van der Waals surface area contributed by atoms with Gasteiger partial charge in [0, 0.05) is 27.2 Å². The molecule has 0 saturated carbocycles. The highest BCUT2D eigenvalue weighted by Gasteiger charge is 2.16. The molecule has 0 fully saturated rings. The fourth-order valence-corrected chi connectivity index (χ4v) is 4.36. The van der Waals surface area contributed by atoms with E-state index in [0.717, 1.165) is 6.42 Å². The molecule has 0 spiro atoms. The lowest BCUT2D eigenvalue weighted by Gasteiger charge is -2.17. The molecule has 1 atom stereocenters. The molecule has 1 aliphatic carbocycles. The van der Waals surface area contributed by atoms with Crippen molar-refractivity contribution in [2.45, 2.75) is 31.7 Å². The Morgan fingerprint density at radius 3 is 2.84 bits per heavy atom. The molecule has 19 heavy (non-hydrogen) atoms. The summed E-state index contributed by atoms with van der Waals surface area (Å²) in [6, 6.07) is 9.67. The second kappa shape index (κ2) is 5.78. The van der Waals surface area contributed by atoms with Gasteiger partial charge in [-0.25, -0.2) is 0 Å². The van der Waals surface area contributed by atoms with Crippen LogP contribution in [0.2, 0.25) is 0 Å². The molecule has 100 valence electrons. The van der Waals surface area contributed by atoms with Crippen LogP contribution in [0, 0.1) is 0 Å². The second-order valence-electron chi connectivity index (χ2n) is 5.16. The molecule has 3 heteroatoms. The molecule has 0 saturated heterocycles. The zero-order chi connectivity index (χ0) is 13.2. The largest absolute Gasteiger partial charge is 0.313 e. The second-order valence-corrected chi connectivity index (χ2v) is 7.07. The van der Waals surface area contributed by atoms with Gasteiger partial charge in [0.25, 0.3) is 0 Å². The van der Waals surface area contributed by atoms with Crippen LogP contribution in [0.4, 0.5) is 0 Å². The van der Waals surface area contributed by atoms with Crippen LogP contribution in [0.1, 0.15) is 34.0 Å². The lowest BCUT2D eigenvalue weighted by atomic mass is 9.98. The quantitative estimate of drug-likeness (QED) is 0.867. The Bertz CT molecular complexity index is 576. The molecule has 1 heterocycles. The summed E-state index contributed by atoms with van der Waals surface area (Å²) in [5.74, 6) is 0. The Morgan fingerprint density at radius 2 is 2.11 bits per heavy atom. The van der Waals surface area contributed by atoms with Crippen molar-refractivity contribution in [2.75, 3.05) is 7.05 Å². The lowest BCUT2D eigenvalue weighted by molar-refractivity contribution is 0.596. The first-order valence-electron chi connectivity index (χ1n) is 6.78. The normalized spacial score (nSPS) is 15.5. The predicted octanol–water partition coefficient (Wildman–Crippen LogP) is 4.50. The molecular formula is C16H18BrNS. The smallest absolute Gasteiger partial charge is 0.0366 e. The Morgan fingerprint density at radius 1 is 1.26 bits per heavy atom. The van der Waals surface area contributed by atoms with Gasteiger partial charge in [0.1, 0.15) is 0 Å². The van der Waals surface area contributed by atoms with E-state index in [4.69, 9.17) is 0 Å². The number of nitrogens with one attached hydrogen (secondary N) is 1. The van der Waals surface area contributed by atoms with E-state index in [0.29, 0.717) is 6.04 Å². The minimum Gasteiger partial charge on any atom is -0.313 e. The summed E-state index contributed by atoms with van der Waals surface area (Å²) in [6.07, 6.45) is 4.90. The molecule has 0 bridgehead atoms.